The van der Waals surface area contributed by atoms with Crippen molar-refractivity contribution in [2.75, 3.05) is 46.9 Å². The zero-order chi connectivity index (χ0) is 40.5. The van der Waals surface area contributed by atoms with Crippen LogP contribution in [-0.2, 0) is 23.8 Å². The van der Waals surface area contributed by atoms with Gasteiger partial charge in [0.05, 0.1) is 61.3 Å². The zero-order valence-electron chi connectivity index (χ0n) is 34.7. The molecule has 19 atom stereocenters. The third-order valence-electron chi connectivity index (χ3n) is 14.4. The number of nitrogens with zero attached hydrogens (tertiary/aromatic N) is 3. The first kappa shape index (κ1) is 44.4. The van der Waals surface area contributed by atoms with Crippen LogP contribution in [0.4, 0.5) is 0 Å². The highest BCUT2D eigenvalue weighted by Gasteiger charge is 2.67. The average molecular weight is 781 g/mol. The summed E-state index contributed by atoms with van der Waals surface area (Å²) < 4.78 is 18.6. The van der Waals surface area contributed by atoms with Crippen LogP contribution in [0.3, 0.4) is 0 Å². The van der Waals surface area contributed by atoms with Gasteiger partial charge in [-0.1, -0.05) is 48.0 Å². The lowest BCUT2D eigenvalue weighted by molar-refractivity contribution is -0.240. The summed E-state index contributed by atoms with van der Waals surface area (Å²) in [5.41, 5.74) is 0. The lowest BCUT2D eigenvalue weighted by Crippen LogP contribution is -2.69. The van der Waals surface area contributed by atoms with Crippen molar-refractivity contribution in [1.29, 1.82) is 0 Å². The number of nitrogens with one attached hydrogen (secondary N) is 1. The van der Waals surface area contributed by atoms with Crippen molar-refractivity contribution < 1.29 is 49.3 Å². The van der Waals surface area contributed by atoms with Crippen LogP contribution >= 0.6 is 0 Å². The van der Waals surface area contributed by atoms with Gasteiger partial charge in [0, 0.05) is 75.0 Å². The number of hydrazone groups is 1. The number of piperazine rings is 1. The molecular formula is C41H72N4O10. The first-order valence-corrected chi connectivity index (χ1v) is 21.0. The van der Waals surface area contributed by atoms with Crippen molar-refractivity contribution in [2.24, 2.45) is 64.3 Å². The summed E-state index contributed by atoms with van der Waals surface area (Å²) in [6, 6.07) is -0.982. The van der Waals surface area contributed by atoms with Crippen molar-refractivity contribution in [2.45, 2.75) is 135 Å². The number of carbonyl (C=O) groups is 2. The van der Waals surface area contributed by atoms with E-state index in [1.807, 2.05) is 39.8 Å². The molecule has 14 heteroatoms. The molecule has 0 radical (unpaired) electrons. The summed E-state index contributed by atoms with van der Waals surface area (Å²) in [6.07, 6.45) is -1.62. The van der Waals surface area contributed by atoms with Crippen LogP contribution in [0.1, 0.15) is 80.6 Å². The second kappa shape index (κ2) is 18.4. The van der Waals surface area contributed by atoms with Crippen LogP contribution < -0.4 is 5.32 Å². The van der Waals surface area contributed by atoms with E-state index < -0.39 is 84.0 Å². The minimum atomic E-state index is -1.66. The molecule has 6 fully saturated rings. The lowest BCUT2D eigenvalue weighted by atomic mass is 9.54. The Kier molecular flexibility index (Phi) is 14.9. The van der Waals surface area contributed by atoms with E-state index in [1.54, 1.807) is 27.2 Å². The van der Waals surface area contributed by atoms with Gasteiger partial charge in [0.15, 0.2) is 5.78 Å². The van der Waals surface area contributed by atoms with Gasteiger partial charge in [-0.25, -0.2) is 0 Å². The Morgan fingerprint density at radius 1 is 0.818 bits per heavy atom. The second-order valence-electron chi connectivity index (χ2n) is 18.3. The smallest absolute Gasteiger partial charge is 0.226 e. The van der Waals surface area contributed by atoms with E-state index >= 15 is 0 Å². The molecule has 6 N–H and O–H groups in total. The third-order valence-corrected chi connectivity index (χ3v) is 14.4. The van der Waals surface area contributed by atoms with Crippen molar-refractivity contribution in [3.63, 3.8) is 0 Å². The standard InChI is InChI=1S/C41H72N4O10/c1-21-11-10-12-22(2)40(52)43-32-27(20-42-45-16-14-44(8)15-17-45)36(49)29-30(37(32)50)35(48)26(6)38-31(29)39(51)41(7,55-38)54-18-13-28(53-9)23(3)19-24(4)34(47)25(5)33(21)46/h20-38,46-50H,10-19H2,1-9H3,(H,43,52)/b42-20+. The number of aliphatic hydroxyl groups excluding tert-OH is 5. The molecule has 0 aromatic carbocycles. The van der Waals surface area contributed by atoms with Crippen molar-refractivity contribution in [3.8, 4) is 0 Å². The molecule has 19 unspecified atom stereocenters. The van der Waals surface area contributed by atoms with Crippen LogP contribution in [0, 0.1) is 59.2 Å². The number of hydrogen-bond donors (Lipinski definition) is 6. The van der Waals surface area contributed by atoms with E-state index in [2.05, 4.69) is 17.1 Å². The number of amides is 1. The average Bonchev–Trinajstić information content (AvgIpc) is 3.41. The fourth-order valence-corrected chi connectivity index (χ4v) is 10.5. The Bertz CT molecular complexity index is 1320. The van der Waals surface area contributed by atoms with Crippen LogP contribution in [-0.4, -0.2) is 155 Å². The van der Waals surface area contributed by atoms with Gasteiger partial charge in [-0.2, -0.15) is 5.10 Å². The molecule has 0 spiro atoms. The number of likely N-dealkylation sites (N-methyl/N-ethyl adjacent to an activating group) is 1. The topological polar surface area (TPSA) is 194 Å². The number of aliphatic hydroxyl groups is 5. The van der Waals surface area contributed by atoms with Gasteiger partial charge in [-0.05, 0) is 57.4 Å². The summed E-state index contributed by atoms with van der Waals surface area (Å²) >= 11 is 0. The zero-order valence-corrected chi connectivity index (χ0v) is 34.7. The maximum Gasteiger partial charge on any atom is 0.226 e. The molecule has 0 aromatic heterocycles. The van der Waals surface area contributed by atoms with Gasteiger partial charge in [-0.3, -0.25) is 14.6 Å². The summed E-state index contributed by atoms with van der Waals surface area (Å²) in [4.78, 5) is 30.6. The first-order chi connectivity index (χ1) is 25.9. The Morgan fingerprint density at radius 2 is 1.47 bits per heavy atom. The van der Waals surface area contributed by atoms with Crippen LogP contribution in [0.5, 0.6) is 0 Å². The second-order valence-corrected chi connectivity index (χ2v) is 18.3. The molecule has 6 aliphatic rings. The van der Waals surface area contributed by atoms with Crippen molar-refractivity contribution in [1.82, 2.24) is 15.2 Å². The predicted octanol–water partition coefficient (Wildman–Crippen LogP) is 1.50. The number of ketones is 1. The molecular weight excluding hydrogens is 708 g/mol. The highest BCUT2D eigenvalue weighted by atomic mass is 16.7. The summed E-state index contributed by atoms with van der Waals surface area (Å²) in [7, 11) is 3.68. The fraction of sp³-hybridized carbons (Fsp3) is 0.927. The SMILES string of the molecule is COC1CCOC2(C)OC3C(C)C(O)C4C(O)C(NC(=O)C(C)CCCC(C)C(O)C(C)C(O)C(C)CC1C)C(/C=N/N1CCN(C)CC1)C(O)C4C3C2=O. The highest BCUT2D eigenvalue weighted by molar-refractivity contribution is 5.91. The van der Waals surface area contributed by atoms with Crippen molar-refractivity contribution in [3.05, 3.63) is 0 Å². The van der Waals surface area contributed by atoms with E-state index in [-0.39, 0.29) is 48.1 Å². The van der Waals surface area contributed by atoms with Crippen LogP contribution in [0.25, 0.3) is 0 Å². The van der Waals surface area contributed by atoms with E-state index in [1.165, 1.54) is 0 Å². The summed E-state index contributed by atoms with van der Waals surface area (Å²) in [6.45, 7) is 16.2. The molecule has 5 bridgehead atoms. The Hall–Kier alpha value is -1.75. The van der Waals surface area contributed by atoms with Crippen LogP contribution in [0.2, 0.25) is 0 Å². The molecule has 4 aliphatic heterocycles. The molecule has 2 saturated carbocycles. The third kappa shape index (κ3) is 9.28. The summed E-state index contributed by atoms with van der Waals surface area (Å²) in [5.74, 6) is -7.47. The molecule has 4 saturated heterocycles. The molecule has 1 amide bonds. The van der Waals surface area contributed by atoms with E-state index in [0.29, 0.717) is 45.2 Å². The van der Waals surface area contributed by atoms with Gasteiger partial charge in [0.2, 0.25) is 11.7 Å². The van der Waals surface area contributed by atoms with Gasteiger partial charge in [0.1, 0.15) is 0 Å². The van der Waals surface area contributed by atoms with Gasteiger partial charge >= 0.3 is 0 Å². The van der Waals surface area contributed by atoms with Crippen LogP contribution in [0.15, 0.2) is 5.10 Å². The molecule has 0 aromatic rings. The minimum Gasteiger partial charge on any atom is -0.392 e. The molecule has 4 heterocycles. The number of ether oxygens (including phenoxy) is 3. The quantitative estimate of drug-likeness (QED) is 0.227. The Morgan fingerprint density at radius 3 is 2.13 bits per heavy atom. The predicted molar refractivity (Wildman–Crippen MR) is 207 cm³/mol. The number of hydrogen-bond acceptors (Lipinski definition) is 13. The molecule has 14 nitrogen and oxygen atoms in total. The number of methoxy groups -OCH3 is 1. The van der Waals surface area contributed by atoms with E-state index in [9.17, 15) is 35.1 Å². The maximum atomic E-state index is 14.5. The maximum absolute atomic E-state index is 14.5. The molecule has 6 rings (SSSR count). The molecule has 316 valence electrons. The summed E-state index contributed by atoms with van der Waals surface area (Å²) in [5, 5.41) is 68.6. The number of Topliss-reactive ketones (excluding diaryl/α,β-unsaturated/α-hetero) is 1. The highest BCUT2D eigenvalue weighted by Crippen LogP contribution is 2.54. The minimum absolute atomic E-state index is 0.0287. The Labute approximate surface area is 328 Å². The van der Waals surface area contributed by atoms with Gasteiger partial charge in [-0.15, -0.1) is 0 Å². The lowest BCUT2D eigenvalue weighted by Gasteiger charge is -2.55. The number of rotatable bonds is 3. The van der Waals surface area contributed by atoms with Gasteiger partial charge in [0.25, 0.3) is 0 Å². The fourth-order valence-electron chi connectivity index (χ4n) is 10.5. The Balaban J connectivity index is 1.48. The van der Waals surface area contributed by atoms with E-state index in [0.717, 1.165) is 13.1 Å². The first-order valence-electron chi connectivity index (χ1n) is 21.0. The number of carbonyl (C=O) groups excluding carboxylic acids is 2. The molecule has 2 aliphatic carbocycles. The number of fused-ring (bicyclic) bond motifs is 17. The monoisotopic (exact) mass is 781 g/mol. The normalized spacial score (nSPS) is 48.9. The van der Waals surface area contributed by atoms with Crippen molar-refractivity contribution >= 4 is 17.9 Å². The van der Waals surface area contributed by atoms with Gasteiger partial charge < -0.3 is 50.0 Å². The van der Waals surface area contributed by atoms with E-state index in [4.69, 9.17) is 19.3 Å². The largest absolute Gasteiger partial charge is 0.392 e. The molecule has 55 heavy (non-hydrogen) atoms.